The Morgan fingerprint density at radius 1 is 1.00 bits per heavy atom. The van der Waals surface area contributed by atoms with Gasteiger partial charge in [0.05, 0.1) is 11.3 Å². The molecule has 0 heterocycles. The van der Waals surface area contributed by atoms with Gasteiger partial charge in [0.15, 0.2) is 0 Å². The molecule has 0 aromatic heterocycles. The number of hydrogen-bond acceptors (Lipinski definition) is 3. The number of benzene rings is 2. The van der Waals surface area contributed by atoms with Crippen LogP contribution in [-0.4, -0.2) is 24.1 Å². The number of carbonyl (C=O) groups is 2. The summed E-state index contributed by atoms with van der Waals surface area (Å²) in [5, 5.41) is 5.69. The zero-order chi connectivity index (χ0) is 17.9. The van der Waals surface area contributed by atoms with Crippen LogP contribution in [0.15, 0.2) is 54.6 Å². The molecule has 0 aliphatic carbocycles. The maximum absolute atomic E-state index is 12.2. The highest BCUT2D eigenvalue weighted by Gasteiger charge is 2.12. The van der Waals surface area contributed by atoms with E-state index in [0.29, 0.717) is 24.2 Å². The topological polar surface area (TPSA) is 58.2 Å². The van der Waals surface area contributed by atoms with E-state index in [1.165, 1.54) is 5.56 Å². The van der Waals surface area contributed by atoms with Crippen molar-refractivity contribution in [2.24, 2.45) is 0 Å². The number of rotatable bonds is 9. The molecule has 2 amide bonds. The lowest BCUT2D eigenvalue weighted by atomic mass is 10.1. The fourth-order valence-corrected chi connectivity index (χ4v) is 3.17. The van der Waals surface area contributed by atoms with Crippen molar-refractivity contribution < 1.29 is 9.59 Å². The van der Waals surface area contributed by atoms with Gasteiger partial charge in [-0.2, -0.15) is 11.8 Å². The van der Waals surface area contributed by atoms with Crippen LogP contribution in [0.2, 0.25) is 0 Å². The fraction of sp³-hybridized carbons (Fsp3) is 0.300. The molecule has 0 saturated heterocycles. The second-order valence-electron chi connectivity index (χ2n) is 5.64. The summed E-state index contributed by atoms with van der Waals surface area (Å²) >= 11 is 1.73. The standard InChI is InChI=1S/C20H24N2O2S/c1-2-13-21-20(24)17-10-6-7-11-18(17)22-19(23)12-14-25-15-16-8-4-3-5-9-16/h3-11H,2,12-15H2,1H3,(H,21,24)(H,22,23). The van der Waals surface area contributed by atoms with E-state index in [4.69, 9.17) is 0 Å². The predicted molar refractivity (Wildman–Crippen MR) is 105 cm³/mol. The van der Waals surface area contributed by atoms with E-state index in [9.17, 15) is 9.59 Å². The van der Waals surface area contributed by atoms with Gasteiger partial charge in [0.1, 0.15) is 0 Å². The fourth-order valence-electron chi connectivity index (χ4n) is 2.27. The van der Waals surface area contributed by atoms with Crippen molar-refractivity contribution in [1.82, 2.24) is 5.32 Å². The quantitative estimate of drug-likeness (QED) is 0.665. The number of nitrogens with one attached hydrogen (secondary N) is 2. The first kappa shape index (κ1) is 19.1. The molecule has 5 heteroatoms. The zero-order valence-corrected chi connectivity index (χ0v) is 15.3. The maximum Gasteiger partial charge on any atom is 0.253 e. The first-order valence-corrected chi connectivity index (χ1v) is 9.65. The van der Waals surface area contributed by atoms with Crippen LogP contribution in [0.4, 0.5) is 5.69 Å². The Morgan fingerprint density at radius 2 is 1.72 bits per heavy atom. The second kappa shape index (κ2) is 10.6. The normalized spacial score (nSPS) is 10.3. The molecule has 2 rings (SSSR count). The third-order valence-corrected chi connectivity index (χ3v) is 4.60. The Morgan fingerprint density at radius 3 is 2.48 bits per heavy atom. The molecule has 0 bridgehead atoms. The van der Waals surface area contributed by atoms with Crippen LogP contribution in [0.3, 0.4) is 0 Å². The molecule has 0 spiro atoms. The molecule has 0 fully saturated rings. The first-order chi connectivity index (χ1) is 12.2. The van der Waals surface area contributed by atoms with E-state index >= 15 is 0 Å². The highest BCUT2D eigenvalue weighted by molar-refractivity contribution is 7.98. The zero-order valence-electron chi connectivity index (χ0n) is 14.5. The van der Waals surface area contributed by atoms with Crippen LogP contribution in [0.1, 0.15) is 35.7 Å². The van der Waals surface area contributed by atoms with Gasteiger partial charge in [-0.15, -0.1) is 0 Å². The molecule has 0 atom stereocenters. The van der Waals surface area contributed by atoms with Gasteiger partial charge in [-0.05, 0) is 24.1 Å². The van der Waals surface area contributed by atoms with E-state index in [2.05, 4.69) is 22.8 Å². The van der Waals surface area contributed by atoms with E-state index in [0.717, 1.165) is 17.9 Å². The molecule has 2 N–H and O–H groups in total. The van der Waals surface area contributed by atoms with Crippen LogP contribution in [-0.2, 0) is 10.5 Å². The molecule has 25 heavy (non-hydrogen) atoms. The summed E-state index contributed by atoms with van der Waals surface area (Å²) in [6, 6.07) is 17.3. The molecular weight excluding hydrogens is 332 g/mol. The molecule has 4 nitrogen and oxygen atoms in total. The van der Waals surface area contributed by atoms with E-state index in [1.807, 2.05) is 31.2 Å². The van der Waals surface area contributed by atoms with Gasteiger partial charge >= 0.3 is 0 Å². The highest BCUT2D eigenvalue weighted by Crippen LogP contribution is 2.17. The minimum absolute atomic E-state index is 0.0729. The Labute approximate surface area is 153 Å². The number of amides is 2. The SMILES string of the molecule is CCCNC(=O)c1ccccc1NC(=O)CCSCc1ccccc1. The lowest BCUT2D eigenvalue weighted by molar-refractivity contribution is -0.115. The predicted octanol–water partition coefficient (Wildman–Crippen LogP) is 4.09. The van der Waals surface area contributed by atoms with Crippen LogP contribution >= 0.6 is 11.8 Å². The second-order valence-corrected chi connectivity index (χ2v) is 6.74. The van der Waals surface area contributed by atoms with Crippen LogP contribution < -0.4 is 10.6 Å². The van der Waals surface area contributed by atoms with Gasteiger partial charge in [0.2, 0.25) is 5.91 Å². The number of thioether (sulfide) groups is 1. The van der Waals surface area contributed by atoms with Crippen molar-refractivity contribution in [2.75, 3.05) is 17.6 Å². The molecule has 0 saturated carbocycles. The molecule has 132 valence electrons. The minimum Gasteiger partial charge on any atom is -0.352 e. The van der Waals surface area contributed by atoms with Crippen LogP contribution in [0, 0.1) is 0 Å². The van der Waals surface area contributed by atoms with E-state index in [1.54, 1.807) is 30.0 Å². The van der Waals surface area contributed by atoms with Gasteiger partial charge < -0.3 is 10.6 Å². The smallest absolute Gasteiger partial charge is 0.253 e. The minimum atomic E-state index is -0.156. The van der Waals surface area contributed by atoms with Gasteiger partial charge in [-0.1, -0.05) is 49.4 Å². The summed E-state index contributed by atoms with van der Waals surface area (Å²) in [5.41, 5.74) is 2.32. The molecule has 0 aliphatic rings. The Hall–Kier alpha value is -2.27. The van der Waals surface area contributed by atoms with Crippen molar-refractivity contribution in [3.05, 3.63) is 65.7 Å². The Bertz CT molecular complexity index is 689. The molecular formula is C20H24N2O2S. The molecule has 2 aromatic carbocycles. The lowest BCUT2D eigenvalue weighted by Crippen LogP contribution is -2.25. The van der Waals surface area contributed by atoms with Crippen molar-refractivity contribution in [1.29, 1.82) is 0 Å². The third kappa shape index (κ3) is 6.63. The molecule has 0 radical (unpaired) electrons. The Kier molecular flexibility index (Phi) is 8.05. The number of para-hydroxylation sites is 1. The van der Waals surface area contributed by atoms with Gasteiger partial charge in [0.25, 0.3) is 5.91 Å². The van der Waals surface area contributed by atoms with Crippen LogP contribution in [0.25, 0.3) is 0 Å². The van der Waals surface area contributed by atoms with Gasteiger partial charge in [0, 0.05) is 24.5 Å². The molecule has 0 aliphatic heterocycles. The third-order valence-electron chi connectivity index (χ3n) is 3.57. The average molecular weight is 356 g/mol. The number of anilines is 1. The summed E-state index contributed by atoms with van der Waals surface area (Å²) in [6.07, 6.45) is 1.29. The average Bonchev–Trinajstić information content (AvgIpc) is 2.64. The van der Waals surface area contributed by atoms with E-state index in [-0.39, 0.29) is 11.8 Å². The summed E-state index contributed by atoms with van der Waals surface area (Å²) in [5.74, 6) is 1.40. The highest BCUT2D eigenvalue weighted by atomic mass is 32.2. The Balaban J connectivity index is 1.81. The summed E-state index contributed by atoms with van der Waals surface area (Å²) in [6.45, 7) is 2.62. The lowest BCUT2D eigenvalue weighted by Gasteiger charge is -2.11. The molecule has 2 aromatic rings. The summed E-state index contributed by atoms with van der Waals surface area (Å²) in [7, 11) is 0. The number of carbonyl (C=O) groups excluding carboxylic acids is 2. The number of hydrogen-bond donors (Lipinski definition) is 2. The maximum atomic E-state index is 12.2. The summed E-state index contributed by atoms with van der Waals surface area (Å²) < 4.78 is 0. The first-order valence-electron chi connectivity index (χ1n) is 8.49. The largest absolute Gasteiger partial charge is 0.352 e. The van der Waals surface area contributed by atoms with Crippen molar-refractivity contribution in [2.45, 2.75) is 25.5 Å². The monoisotopic (exact) mass is 356 g/mol. The van der Waals surface area contributed by atoms with Crippen LogP contribution in [0.5, 0.6) is 0 Å². The van der Waals surface area contributed by atoms with Crippen molar-refractivity contribution >= 4 is 29.3 Å². The van der Waals surface area contributed by atoms with E-state index < -0.39 is 0 Å². The van der Waals surface area contributed by atoms with Crippen molar-refractivity contribution in [3.63, 3.8) is 0 Å². The van der Waals surface area contributed by atoms with Crippen molar-refractivity contribution in [3.8, 4) is 0 Å². The van der Waals surface area contributed by atoms with Gasteiger partial charge in [-0.25, -0.2) is 0 Å². The van der Waals surface area contributed by atoms with Gasteiger partial charge in [-0.3, -0.25) is 9.59 Å². The molecule has 0 unspecified atom stereocenters. The summed E-state index contributed by atoms with van der Waals surface area (Å²) in [4.78, 5) is 24.3.